The van der Waals surface area contributed by atoms with Crippen LogP contribution in [-0.2, 0) is 12.6 Å². The van der Waals surface area contributed by atoms with Gasteiger partial charge in [-0.15, -0.1) is 11.5 Å². The molecule has 0 bridgehead atoms. The lowest BCUT2D eigenvalue weighted by atomic mass is 9.93. The number of fused-ring (bicyclic) bond motifs is 4. The summed E-state index contributed by atoms with van der Waals surface area (Å²) < 4.78 is 84.4. The molecule has 3 saturated heterocycles. The first kappa shape index (κ1) is 36.4. The molecule has 0 aliphatic carbocycles. The van der Waals surface area contributed by atoms with Crippen LogP contribution in [0.15, 0.2) is 42.6 Å². The van der Waals surface area contributed by atoms with Gasteiger partial charge in [0.2, 0.25) is 0 Å². The van der Waals surface area contributed by atoms with E-state index in [-0.39, 0.29) is 65.4 Å². The van der Waals surface area contributed by atoms with Gasteiger partial charge in [-0.05, 0) is 69.9 Å². The zero-order chi connectivity index (χ0) is 38.8. The number of piperazine rings is 1. The molecule has 56 heavy (non-hydrogen) atoms. The molecule has 3 fully saturated rings. The van der Waals surface area contributed by atoms with Crippen LogP contribution in [0, 0.1) is 24.0 Å². The number of aryl methyl sites for hydroxylation is 1. The van der Waals surface area contributed by atoms with Gasteiger partial charge in [0.05, 0.1) is 28.4 Å². The van der Waals surface area contributed by atoms with E-state index in [9.17, 15) is 13.2 Å². The first-order valence-corrected chi connectivity index (χ1v) is 19.1. The van der Waals surface area contributed by atoms with E-state index >= 15 is 8.78 Å². The number of benzene rings is 2. The van der Waals surface area contributed by atoms with Gasteiger partial charge >= 0.3 is 12.2 Å². The normalized spacial score (nSPS) is 23.7. The Kier molecular flexibility index (Phi) is 9.16. The number of hydrogen-bond donors (Lipinski definition) is 1. The zero-order valence-electron chi connectivity index (χ0n) is 30.7. The van der Waals surface area contributed by atoms with Crippen molar-refractivity contribution in [2.45, 2.75) is 81.7 Å². The molecule has 7 heterocycles. The highest BCUT2D eigenvalue weighted by Gasteiger charge is 2.50. The molecule has 290 valence electrons. The van der Waals surface area contributed by atoms with Crippen LogP contribution >= 0.6 is 0 Å². The molecule has 10 nitrogen and oxygen atoms in total. The van der Waals surface area contributed by atoms with Gasteiger partial charge in [-0.25, -0.2) is 13.8 Å². The lowest BCUT2D eigenvalue weighted by Crippen LogP contribution is -2.57. The summed E-state index contributed by atoms with van der Waals surface area (Å²) in [6.45, 7) is 4.68. The van der Waals surface area contributed by atoms with Crippen molar-refractivity contribution in [1.29, 1.82) is 0 Å². The van der Waals surface area contributed by atoms with Crippen molar-refractivity contribution >= 4 is 27.5 Å². The molecule has 5 aromatic rings. The van der Waals surface area contributed by atoms with E-state index in [1.54, 1.807) is 24.3 Å². The molecule has 0 amide bonds. The number of aromatic nitrogens is 5. The molecule has 0 saturated carbocycles. The largest absolute Gasteiger partial charge is 0.490 e. The Morgan fingerprint density at radius 3 is 2.73 bits per heavy atom. The third kappa shape index (κ3) is 6.23. The number of alkyl halides is 3. The fourth-order valence-corrected chi connectivity index (χ4v) is 9.41. The van der Waals surface area contributed by atoms with Gasteiger partial charge in [0.25, 0.3) is 0 Å². The highest BCUT2D eigenvalue weighted by atomic mass is 19.4. The first-order chi connectivity index (χ1) is 27.0. The van der Waals surface area contributed by atoms with Crippen molar-refractivity contribution in [2.75, 3.05) is 37.7 Å². The fourth-order valence-electron chi connectivity index (χ4n) is 9.41. The Balaban J connectivity index is 1.08. The molecule has 15 heteroatoms. The minimum atomic E-state index is -4.63. The van der Waals surface area contributed by atoms with Gasteiger partial charge in [-0.2, -0.15) is 28.2 Å². The summed E-state index contributed by atoms with van der Waals surface area (Å²) >= 11 is 0. The number of nitrogens with one attached hydrogen (secondary N) is 1. The quantitative estimate of drug-likeness (QED) is 0.140. The third-order valence-electron chi connectivity index (χ3n) is 12.1. The Labute approximate surface area is 319 Å². The second-order valence-electron chi connectivity index (χ2n) is 15.2. The topological polar surface area (TPSA) is 101 Å². The fraction of sp³-hybridized carbons (Fsp3) is 0.439. The Morgan fingerprint density at radius 2 is 1.89 bits per heavy atom. The molecule has 0 spiro atoms. The van der Waals surface area contributed by atoms with Crippen LogP contribution in [0.4, 0.5) is 27.8 Å². The number of ether oxygens (including phenoxy) is 2. The lowest BCUT2D eigenvalue weighted by Gasteiger charge is -2.43. The first-order valence-electron chi connectivity index (χ1n) is 19.1. The van der Waals surface area contributed by atoms with Crippen molar-refractivity contribution in [3.05, 3.63) is 71.2 Å². The van der Waals surface area contributed by atoms with Gasteiger partial charge in [-0.1, -0.05) is 30.2 Å². The van der Waals surface area contributed by atoms with Gasteiger partial charge in [0, 0.05) is 48.2 Å². The molecule has 0 unspecified atom stereocenters. The number of halogens is 5. The van der Waals surface area contributed by atoms with Crippen LogP contribution in [0.1, 0.15) is 62.4 Å². The molecule has 4 aliphatic heterocycles. The number of pyridine rings is 1. The molecular formula is C41H39F5N8O2. The van der Waals surface area contributed by atoms with E-state index in [4.69, 9.17) is 30.8 Å². The molecule has 1 N–H and O–H groups in total. The van der Waals surface area contributed by atoms with E-state index in [0.717, 1.165) is 51.1 Å². The zero-order valence-corrected chi connectivity index (χ0v) is 30.7. The van der Waals surface area contributed by atoms with Gasteiger partial charge in [0.1, 0.15) is 41.8 Å². The highest BCUT2D eigenvalue weighted by Crippen LogP contribution is 2.44. The molecular weight excluding hydrogens is 731 g/mol. The predicted molar refractivity (Wildman–Crippen MR) is 199 cm³/mol. The van der Waals surface area contributed by atoms with E-state index in [0.29, 0.717) is 52.7 Å². The minimum absolute atomic E-state index is 0.00506. The summed E-state index contributed by atoms with van der Waals surface area (Å²) in [5.74, 6) is 1.80. The number of terminal acetylenes is 1. The third-order valence-corrected chi connectivity index (χ3v) is 12.1. The average molecular weight is 771 g/mol. The highest BCUT2D eigenvalue weighted by molar-refractivity contribution is 6.02. The summed E-state index contributed by atoms with van der Waals surface area (Å²) in [4.78, 5) is 19.3. The van der Waals surface area contributed by atoms with Crippen molar-refractivity contribution in [3.8, 4) is 35.4 Å². The summed E-state index contributed by atoms with van der Waals surface area (Å²) in [7, 11) is 0. The Hall–Kier alpha value is -5.20. The molecule has 2 aromatic carbocycles. The Bertz CT molecular complexity index is 2390. The van der Waals surface area contributed by atoms with Crippen LogP contribution in [0.2, 0.25) is 0 Å². The van der Waals surface area contributed by atoms with Crippen molar-refractivity contribution in [3.63, 3.8) is 0 Å². The maximum Gasteiger partial charge on any atom is 0.435 e. The summed E-state index contributed by atoms with van der Waals surface area (Å²) in [5, 5.41) is 11.8. The van der Waals surface area contributed by atoms with Crippen LogP contribution in [0.3, 0.4) is 0 Å². The molecule has 9 rings (SSSR count). The number of anilines is 1. The molecule has 3 aromatic heterocycles. The monoisotopic (exact) mass is 770 g/mol. The molecule has 4 atom stereocenters. The second-order valence-corrected chi connectivity index (χ2v) is 15.2. The number of rotatable bonds is 7. The summed E-state index contributed by atoms with van der Waals surface area (Å²) in [6.07, 6.45) is 7.82. The maximum atomic E-state index is 17.3. The summed E-state index contributed by atoms with van der Waals surface area (Å²) in [5.41, 5.74) is -0.310. The van der Waals surface area contributed by atoms with Crippen LogP contribution in [0.25, 0.3) is 32.9 Å². The van der Waals surface area contributed by atoms with Gasteiger partial charge < -0.3 is 19.7 Å². The van der Waals surface area contributed by atoms with Crippen molar-refractivity contribution in [1.82, 2.24) is 35.4 Å². The molecule has 4 aliphatic rings. The minimum Gasteiger partial charge on any atom is -0.490 e. The van der Waals surface area contributed by atoms with E-state index in [2.05, 4.69) is 38.2 Å². The number of hydrogen-bond acceptors (Lipinski definition) is 10. The predicted octanol–water partition coefficient (Wildman–Crippen LogP) is 6.87. The van der Waals surface area contributed by atoms with E-state index in [1.807, 2.05) is 0 Å². The van der Waals surface area contributed by atoms with Crippen LogP contribution < -0.4 is 19.7 Å². The van der Waals surface area contributed by atoms with Crippen LogP contribution in [-0.4, -0.2) is 86.6 Å². The van der Waals surface area contributed by atoms with Crippen molar-refractivity contribution < 1.29 is 31.4 Å². The Morgan fingerprint density at radius 1 is 1.02 bits per heavy atom. The van der Waals surface area contributed by atoms with E-state index in [1.165, 1.54) is 12.3 Å². The number of nitrogens with zero attached hydrogens (tertiary/aromatic N) is 7. The van der Waals surface area contributed by atoms with Gasteiger partial charge in [0.15, 0.2) is 11.5 Å². The van der Waals surface area contributed by atoms with E-state index < -0.39 is 23.5 Å². The van der Waals surface area contributed by atoms with Crippen LogP contribution in [0.5, 0.6) is 11.8 Å². The SMILES string of the molecule is C#Cc1c(F)ccc2cccc(-c3nc4c5c(nc(OC[C@@]67CCCN6[C@H](COc6cnnc(C(F)(F)F)c6)CC7)nc5c3F)N3CCN[C@@H](C)[C@H]3CCC4)c12. The smallest absolute Gasteiger partial charge is 0.435 e. The van der Waals surface area contributed by atoms with Crippen molar-refractivity contribution in [2.24, 2.45) is 0 Å². The standard InChI is InChI=1S/C41H39F5N8O2/c1-3-27-29(42)12-11-24-7-4-8-28(33(24)27)36-35(43)37-34-30(49-36)9-5-10-31-23(2)47-16-18-53(31)38(34)51-39(50-37)56-22-40-14-6-17-54(40)25(13-15-40)21-55-26-19-32(41(44,45)46)52-48-20-26/h1,4,7-8,11-12,19-20,23,25,31,47H,5-6,9-10,13-18,21-22H2,2H3/t23-,25-,31+,40-/m0/s1. The maximum absolute atomic E-state index is 17.3. The average Bonchev–Trinajstić information content (AvgIpc) is 3.76. The summed E-state index contributed by atoms with van der Waals surface area (Å²) in [6, 6.07) is 9.32. The van der Waals surface area contributed by atoms with Gasteiger partial charge in [-0.3, -0.25) is 4.90 Å². The second kappa shape index (κ2) is 14.1. The molecule has 0 radical (unpaired) electrons. The lowest BCUT2D eigenvalue weighted by molar-refractivity contribution is -0.141.